The van der Waals surface area contributed by atoms with Gasteiger partial charge in [0.05, 0.1) is 50.8 Å². The predicted octanol–water partition coefficient (Wildman–Crippen LogP) is 3.30. The van der Waals surface area contributed by atoms with E-state index < -0.39 is 0 Å². The highest BCUT2D eigenvalue weighted by atomic mass is 16.5. The number of likely N-dealkylation sites (tertiary alicyclic amines) is 1. The molecule has 0 aromatic carbocycles. The highest BCUT2D eigenvalue weighted by Crippen LogP contribution is 2.26. The van der Waals surface area contributed by atoms with Gasteiger partial charge in [-0.3, -0.25) is 0 Å². The van der Waals surface area contributed by atoms with Gasteiger partial charge in [0.15, 0.2) is 0 Å². The van der Waals surface area contributed by atoms with Crippen LogP contribution in [0.1, 0.15) is 52.4 Å². The van der Waals surface area contributed by atoms with E-state index in [1.807, 2.05) is 0 Å². The van der Waals surface area contributed by atoms with Gasteiger partial charge in [0.1, 0.15) is 0 Å². The molecule has 8 heteroatoms. The molecule has 4 atom stereocenters. The summed E-state index contributed by atoms with van der Waals surface area (Å²) in [4.78, 5) is 6.97. The van der Waals surface area contributed by atoms with Gasteiger partial charge in [0.2, 0.25) is 0 Å². The molecule has 0 aliphatic carbocycles. The summed E-state index contributed by atoms with van der Waals surface area (Å²) < 4.78 is 26.3. The lowest BCUT2D eigenvalue weighted by molar-refractivity contribution is -0.175. The Kier molecular flexibility index (Phi) is 15.1. The van der Waals surface area contributed by atoms with Crippen molar-refractivity contribution in [1.29, 1.82) is 0 Å². The van der Waals surface area contributed by atoms with Crippen LogP contribution in [0.2, 0.25) is 0 Å². The van der Waals surface area contributed by atoms with E-state index in [4.69, 9.17) is 23.7 Å². The molecule has 8 nitrogen and oxygen atoms in total. The maximum absolute atomic E-state index is 5.63. The topological polar surface area (TPSA) is 55.9 Å². The number of nitrogens with zero attached hydrogens (tertiary/aromatic N) is 3. The van der Waals surface area contributed by atoms with Crippen LogP contribution in [0.15, 0.2) is 11.6 Å². The van der Waals surface area contributed by atoms with E-state index in [1.54, 1.807) is 0 Å². The van der Waals surface area contributed by atoms with Gasteiger partial charge < -0.3 is 38.4 Å². The third-order valence-corrected chi connectivity index (χ3v) is 8.10. The fourth-order valence-corrected chi connectivity index (χ4v) is 5.47. The summed E-state index contributed by atoms with van der Waals surface area (Å²) in [5, 5.41) is 0. The first-order valence-electron chi connectivity index (χ1n) is 15.1. The minimum Gasteiger partial charge on any atom is -0.381 e. The molecule has 0 aromatic heterocycles. The van der Waals surface area contributed by atoms with Crippen LogP contribution < -0.4 is 0 Å². The molecule has 8 rings (SSSR count). The molecule has 8 aliphatic heterocycles. The van der Waals surface area contributed by atoms with Crippen LogP contribution in [0.5, 0.6) is 0 Å². The maximum Gasteiger partial charge on any atom is 0.0731 e. The van der Waals surface area contributed by atoms with Crippen molar-refractivity contribution in [3.63, 3.8) is 0 Å². The van der Waals surface area contributed by atoms with E-state index in [2.05, 4.69) is 55.8 Å². The third-order valence-electron chi connectivity index (χ3n) is 8.10. The summed E-state index contributed by atoms with van der Waals surface area (Å²) in [6, 6.07) is 0. The first kappa shape index (κ1) is 31.9. The summed E-state index contributed by atoms with van der Waals surface area (Å²) >= 11 is 0. The standard InChI is InChI=1S/C7H13NO.C6H11NO.C6H12O.C6H10O.C5H11NO/c1-8-4-6-2-3-7(5-8)9-6;1-7-3-5-2-6(4-7)8-5;3*1-6-2-4-7-5-3-6/h6-7H,2-5H2,1H3;5-6H,2-4H2,1H3;6H,2-5H2,1H3;2H,3-5H2,1H3;2-5H2,1H3. The van der Waals surface area contributed by atoms with Crippen molar-refractivity contribution in [2.24, 2.45) is 5.92 Å². The van der Waals surface area contributed by atoms with Crippen LogP contribution in [-0.2, 0) is 23.7 Å². The van der Waals surface area contributed by atoms with Crippen molar-refractivity contribution >= 4 is 0 Å². The van der Waals surface area contributed by atoms with Crippen LogP contribution in [0, 0.1) is 5.92 Å². The highest BCUT2D eigenvalue weighted by Gasteiger charge is 2.36. The number of morpholine rings is 3. The van der Waals surface area contributed by atoms with Crippen LogP contribution in [-0.4, -0.2) is 139 Å². The number of fused-ring (bicyclic) bond motifs is 4. The summed E-state index contributed by atoms with van der Waals surface area (Å²) in [5.74, 6) is 0.911. The molecule has 4 bridgehead atoms. The molecule has 7 saturated heterocycles. The van der Waals surface area contributed by atoms with Crippen LogP contribution >= 0.6 is 0 Å². The molecule has 0 aromatic rings. The number of piperidine rings is 1. The molecule has 7 fully saturated rings. The van der Waals surface area contributed by atoms with Gasteiger partial charge in [-0.25, -0.2) is 0 Å². The average molecular weight is 540 g/mol. The summed E-state index contributed by atoms with van der Waals surface area (Å²) in [7, 11) is 6.44. The molecule has 222 valence electrons. The number of likely N-dealkylation sites (N-methyl/N-ethyl adjacent to an activating group) is 3. The molecular formula is C30H57N3O5. The Bertz CT molecular complexity index is 610. The predicted molar refractivity (Wildman–Crippen MR) is 153 cm³/mol. The first-order valence-corrected chi connectivity index (χ1v) is 15.1. The van der Waals surface area contributed by atoms with Gasteiger partial charge in [-0.05, 0) is 66.1 Å². The zero-order chi connectivity index (χ0) is 27.2. The third kappa shape index (κ3) is 13.2. The second-order valence-electron chi connectivity index (χ2n) is 12.1. The van der Waals surface area contributed by atoms with Crippen LogP contribution in [0.25, 0.3) is 0 Å². The normalized spacial score (nSPS) is 33.3. The number of rotatable bonds is 0. The van der Waals surface area contributed by atoms with Crippen molar-refractivity contribution < 1.29 is 23.7 Å². The fourth-order valence-electron chi connectivity index (χ4n) is 5.47. The van der Waals surface area contributed by atoms with E-state index >= 15 is 0 Å². The van der Waals surface area contributed by atoms with E-state index in [0.29, 0.717) is 24.4 Å². The van der Waals surface area contributed by atoms with Gasteiger partial charge in [-0.1, -0.05) is 18.6 Å². The SMILES string of the molecule is CC1=CCOCC1.CC1CCOCC1.CN1CC2CC(C1)O2.CN1CC2CCC(C1)O2.CN1CCOCC1. The average Bonchev–Trinajstić information content (AvgIpc) is 3.24. The number of ether oxygens (including phenoxy) is 5. The monoisotopic (exact) mass is 539 g/mol. The van der Waals surface area contributed by atoms with E-state index in [-0.39, 0.29) is 0 Å². The lowest BCUT2D eigenvalue weighted by Gasteiger charge is -2.45. The zero-order valence-corrected chi connectivity index (χ0v) is 25.1. The molecule has 0 radical (unpaired) electrons. The quantitative estimate of drug-likeness (QED) is 0.435. The maximum atomic E-state index is 5.63. The summed E-state index contributed by atoms with van der Waals surface area (Å²) in [6.45, 7) is 16.8. The van der Waals surface area contributed by atoms with Crippen molar-refractivity contribution in [3.8, 4) is 0 Å². The van der Waals surface area contributed by atoms with E-state index in [0.717, 1.165) is 91.2 Å². The largest absolute Gasteiger partial charge is 0.381 e. The van der Waals surface area contributed by atoms with Crippen molar-refractivity contribution in [3.05, 3.63) is 11.6 Å². The number of hydrogen-bond acceptors (Lipinski definition) is 8. The Balaban J connectivity index is 0.000000132. The fraction of sp³-hybridized carbons (Fsp3) is 0.933. The molecule has 8 aliphatic rings. The smallest absolute Gasteiger partial charge is 0.0731 e. The molecule has 0 N–H and O–H groups in total. The first-order chi connectivity index (χ1) is 18.4. The van der Waals surface area contributed by atoms with Crippen molar-refractivity contribution in [2.45, 2.75) is 76.8 Å². The Morgan fingerprint density at radius 1 is 0.632 bits per heavy atom. The van der Waals surface area contributed by atoms with Crippen LogP contribution in [0.3, 0.4) is 0 Å². The molecule has 4 unspecified atom stereocenters. The van der Waals surface area contributed by atoms with Crippen molar-refractivity contribution in [1.82, 2.24) is 14.7 Å². The Morgan fingerprint density at radius 2 is 1.13 bits per heavy atom. The van der Waals surface area contributed by atoms with Gasteiger partial charge in [0, 0.05) is 58.9 Å². The Labute approximate surface area is 232 Å². The molecule has 8 heterocycles. The Morgan fingerprint density at radius 3 is 1.47 bits per heavy atom. The van der Waals surface area contributed by atoms with Crippen molar-refractivity contribution in [2.75, 3.05) is 100 Å². The van der Waals surface area contributed by atoms with E-state index in [1.165, 1.54) is 37.7 Å². The minimum atomic E-state index is 0.564. The lowest BCUT2D eigenvalue weighted by atomic mass is 10.00. The number of hydrogen-bond donors (Lipinski definition) is 0. The molecular weight excluding hydrogens is 482 g/mol. The second kappa shape index (κ2) is 18.0. The van der Waals surface area contributed by atoms with Gasteiger partial charge in [-0.2, -0.15) is 0 Å². The molecule has 0 amide bonds. The summed E-state index contributed by atoms with van der Waals surface area (Å²) in [5.41, 5.74) is 1.46. The molecule has 38 heavy (non-hydrogen) atoms. The minimum absolute atomic E-state index is 0.564. The molecule has 0 spiro atoms. The van der Waals surface area contributed by atoms with Gasteiger partial charge in [0.25, 0.3) is 0 Å². The lowest BCUT2D eigenvalue weighted by Crippen LogP contribution is -2.55. The van der Waals surface area contributed by atoms with E-state index in [9.17, 15) is 0 Å². The highest BCUT2D eigenvalue weighted by molar-refractivity contribution is 4.99. The Hall–Kier alpha value is -0.580. The summed E-state index contributed by atoms with van der Waals surface area (Å²) in [6.07, 6.45) is 12.0. The second-order valence-corrected chi connectivity index (χ2v) is 12.1. The van der Waals surface area contributed by atoms with Gasteiger partial charge >= 0.3 is 0 Å². The molecule has 0 saturated carbocycles. The van der Waals surface area contributed by atoms with Crippen LogP contribution in [0.4, 0.5) is 0 Å². The van der Waals surface area contributed by atoms with Gasteiger partial charge in [-0.15, -0.1) is 0 Å². The zero-order valence-electron chi connectivity index (χ0n) is 25.1.